The number of anilines is 1. The lowest BCUT2D eigenvalue weighted by molar-refractivity contribution is -0.120. The molecule has 1 aliphatic carbocycles. The lowest BCUT2D eigenvalue weighted by Gasteiger charge is -2.30. The second kappa shape index (κ2) is 8.53. The summed E-state index contributed by atoms with van der Waals surface area (Å²) in [5.41, 5.74) is 0.665. The van der Waals surface area contributed by atoms with Gasteiger partial charge in [0.05, 0.1) is 4.90 Å². The summed E-state index contributed by atoms with van der Waals surface area (Å²) in [4.78, 5) is 13.2. The Morgan fingerprint density at radius 3 is 2.37 bits per heavy atom. The summed E-state index contributed by atoms with van der Waals surface area (Å²) in [5.74, 6) is 0.513. The minimum Gasteiger partial charge on any atom is -0.448 e. The molecule has 0 aromatic heterocycles. The van der Waals surface area contributed by atoms with Gasteiger partial charge in [0.2, 0.25) is 15.9 Å². The van der Waals surface area contributed by atoms with Gasteiger partial charge in [-0.25, -0.2) is 8.42 Å². The highest BCUT2D eigenvalue weighted by Gasteiger charge is 2.44. The van der Waals surface area contributed by atoms with Crippen molar-refractivity contribution in [2.24, 2.45) is 5.92 Å². The van der Waals surface area contributed by atoms with Crippen LogP contribution in [0.4, 0.5) is 5.69 Å². The van der Waals surface area contributed by atoms with Crippen LogP contribution in [0, 0.1) is 5.92 Å². The Labute approximate surface area is 205 Å². The number of hydrogen-bond acceptors (Lipinski definition) is 5. The molecule has 2 aliphatic heterocycles. The average molecular weight is 493 g/mol. The SMILES string of the molecule is O=C(Nc1ccc2c(c1)OC1(CCCC1)O2)C1CCN(S(=O)(=O)c2ccc3ccccc3c2)CC1. The number of carbonyl (C=O) groups excluding carboxylic acids is 1. The number of rotatable bonds is 4. The molecule has 0 bridgehead atoms. The van der Waals surface area contributed by atoms with E-state index in [1.807, 2.05) is 48.5 Å². The van der Waals surface area contributed by atoms with E-state index in [4.69, 9.17) is 9.47 Å². The van der Waals surface area contributed by atoms with Crippen molar-refractivity contribution < 1.29 is 22.7 Å². The van der Waals surface area contributed by atoms with Crippen molar-refractivity contribution in [3.63, 3.8) is 0 Å². The minimum atomic E-state index is -3.61. The maximum absolute atomic E-state index is 13.2. The zero-order chi connectivity index (χ0) is 24.0. The number of benzene rings is 3. The van der Waals surface area contributed by atoms with Crippen molar-refractivity contribution in [3.05, 3.63) is 60.7 Å². The molecular formula is C27H28N2O5S. The lowest BCUT2D eigenvalue weighted by Crippen LogP contribution is -2.41. The second-order valence-electron chi connectivity index (χ2n) is 9.66. The van der Waals surface area contributed by atoms with E-state index < -0.39 is 15.8 Å². The van der Waals surface area contributed by atoms with Crippen LogP contribution in [0.15, 0.2) is 65.6 Å². The maximum atomic E-state index is 13.2. The van der Waals surface area contributed by atoms with Gasteiger partial charge in [0, 0.05) is 43.6 Å². The van der Waals surface area contributed by atoms with Gasteiger partial charge in [0.25, 0.3) is 5.79 Å². The van der Waals surface area contributed by atoms with Gasteiger partial charge in [0.15, 0.2) is 11.5 Å². The Balaban J connectivity index is 1.09. The molecule has 1 spiro atoms. The molecule has 0 atom stereocenters. The molecule has 1 N–H and O–H groups in total. The first-order chi connectivity index (χ1) is 16.9. The number of hydrogen-bond donors (Lipinski definition) is 1. The largest absolute Gasteiger partial charge is 0.448 e. The van der Waals surface area contributed by atoms with E-state index in [1.54, 1.807) is 12.1 Å². The van der Waals surface area contributed by atoms with Crippen LogP contribution in [-0.2, 0) is 14.8 Å². The van der Waals surface area contributed by atoms with Gasteiger partial charge in [-0.1, -0.05) is 30.3 Å². The van der Waals surface area contributed by atoms with E-state index in [9.17, 15) is 13.2 Å². The van der Waals surface area contributed by atoms with E-state index in [0.29, 0.717) is 42.3 Å². The number of nitrogens with zero attached hydrogens (tertiary/aromatic N) is 1. The highest BCUT2D eigenvalue weighted by molar-refractivity contribution is 7.89. The molecule has 1 saturated carbocycles. The first-order valence-corrected chi connectivity index (χ1v) is 13.7. The summed E-state index contributed by atoms with van der Waals surface area (Å²) in [5, 5.41) is 4.88. The Morgan fingerprint density at radius 1 is 0.886 bits per heavy atom. The fourth-order valence-corrected chi connectivity index (χ4v) is 6.87. The predicted molar refractivity (Wildman–Crippen MR) is 133 cm³/mol. The number of amides is 1. The lowest BCUT2D eigenvalue weighted by atomic mass is 9.97. The van der Waals surface area contributed by atoms with Crippen LogP contribution in [-0.4, -0.2) is 37.5 Å². The molecule has 3 aromatic carbocycles. The molecule has 1 amide bonds. The van der Waals surface area contributed by atoms with E-state index in [2.05, 4.69) is 5.32 Å². The number of fused-ring (bicyclic) bond motifs is 2. The van der Waals surface area contributed by atoms with Crippen LogP contribution in [0.25, 0.3) is 10.8 Å². The van der Waals surface area contributed by atoms with Crippen LogP contribution in [0.1, 0.15) is 38.5 Å². The molecule has 1 saturated heterocycles. The zero-order valence-corrected chi connectivity index (χ0v) is 20.2. The van der Waals surface area contributed by atoms with Crippen molar-refractivity contribution in [3.8, 4) is 11.5 Å². The molecule has 182 valence electrons. The van der Waals surface area contributed by atoms with Crippen molar-refractivity contribution in [2.45, 2.75) is 49.2 Å². The number of sulfonamides is 1. The van der Waals surface area contributed by atoms with Gasteiger partial charge >= 0.3 is 0 Å². The van der Waals surface area contributed by atoms with Crippen molar-refractivity contribution >= 4 is 32.4 Å². The molecule has 7 nitrogen and oxygen atoms in total. The van der Waals surface area contributed by atoms with E-state index in [1.165, 1.54) is 4.31 Å². The summed E-state index contributed by atoms with van der Waals surface area (Å²) >= 11 is 0. The summed E-state index contributed by atoms with van der Waals surface area (Å²) in [7, 11) is -3.61. The van der Waals surface area contributed by atoms with Crippen LogP contribution in [0.5, 0.6) is 11.5 Å². The number of piperidine rings is 1. The molecule has 8 heteroatoms. The monoisotopic (exact) mass is 492 g/mol. The molecule has 6 rings (SSSR count). The standard InChI is InChI=1S/C27H28N2O5S/c30-26(28-22-8-10-24-25(18-22)34-27(33-24)13-3-4-14-27)20-11-15-29(16-12-20)35(31,32)23-9-7-19-5-1-2-6-21(19)17-23/h1-2,5-10,17-18,20H,3-4,11-16H2,(H,28,30). The van der Waals surface area contributed by atoms with Crippen LogP contribution >= 0.6 is 0 Å². The molecule has 2 heterocycles. The molecular weight excluding hydrogens is 464 g/mol. The quantitative estimate of drug-likeness (QED) is 0.559. The smallest absolute Gasteiger partial charge is 0.251 e. The van der Waals surface area contributed by atoms with Crippen molar-refractivity contribution in [1.29, 1.82) is 0 Å². The Hall–Kier alpha value is -3.10. The van der Waals surface area contributed by atoms with Gasteiger partial charge < -0.3 is 14.8 Å². The normalized spacial score (nSPS) is 19.9. The Morgan fingerprint density at radius 2 is 1.60 bits per heavy atom. The third-order valence-electron chi connectivity index (χ3n) is 7.35. The summed E-state index contributed by atoms with van der Waals surface area (Å²) in [6.45, 7) is 0.633. The van der Waals surface area contributed by atoms with Crippen molar-refractivity contribution in [1.82, 2.24) is 4.31 Å². The number of carbonyl (C=O) groups is 1. The topological polar surface area (TPSA) is 84.9 Å². The van der Waals surface area contributed by atoms with Gasteiger partial charge in [-0.15, -0.1) is 0 Å². The van der Waals surface area contributed by atoms with Crippen molar-refractivity contribution in [2.75, 3.05) is 18.4 Å². The first-order valence-electron chi connectivity index (χ1n) is 12.2. The number of nitrogens with one attached hydrogen (secondary N) is 1. The highest BCUT2D eigenvalue weighted by atomic mass is 32.2. The highest BCUT2D eigenvalue weighted by Crippen LogP contribution is 2.47. The number of ether oxygens (including phenoxy) is 2. The predicted octanol–water partition coefficient (Wildman–Crippen LogP) is 4.92. The summed E-state index contributed by atoms with van der Waals surface area (Å²) < 4.78 is 40.0. The van der Waals surface area contributed by atoms with Crippen LogP contribution in [0.3, 0.4) is 0 Å². The van der Waals surface area contributed by atoms with Gasteiger partial charge in [0.1, 0.15) is 0 Å². The third kappa shape index (κ3) is 4.15. The minimum absolute atomic E-state index is 0.0952. The molecule has 3 aromatic rings. The molecule has 35 heavy (non-hydrogen) atoms. The van der Waals surface area contributed by atoms with E-state index >= 15 is 0 Å². The zero-order valence-electron chi connectivity index (χ0n) is 19.4. The molecule has 2 fully saturated rings. The summed E-state index contributed by atoms with van der Waals surface area (Å²) in [6.07, 6.45) is 4.90. The van der Waals surface area contributed by atoms with E-state index in [0.717, 1.165) is 42.2 Å². The third-order valence-corrected chi connectivity index (χ3v) is 9.25. The Bertz CT molecular complexity index is 1390. The molecule has 3 aliphatic rings. The fourth-order valence-electron chi connectivity index (χ4n) is 5.37. The molecule has 0 radical (unpaired) electrons. The van der Waals surface area contributed by atoms with Gasteiger partial charge in [-0.3, -0.25) is 4.79 Å². The summed E-state index contributed by atoms with van der Waals surface area (Å²) in [6, 6.07) is 18.4. The van der Waals surface area contributed by atoms with Crippen LogP contribution in [0.2, 0.25) is 0 Å². The first kappa shape index (κ1) is 22.4. The molecule has 0 unspecified atom stereocenters. The second-order valence-corrected chi connectivity index (χ2v) is 11.6. The van der Waals surface area contributed by atoms with E-state index in [-0.39, 0.29) is 11.8 Å². The Kier molecular flexibility index (Phi) is 5.45. The van der Waals surface area contributed by atoms with Gasteiger partial charge in [-0.05, 0) is 60.7 Å². The van der Waals surface area contributed by atoms with Crippen LogP contribution < -0.4 is 14.8 Å². The van der Waals surface area contributed by atoms with Gasteiger partial charge in [-0.2, -0.15) is 4.31 Å². The maximum Gasteiger partial charge on any atom is 0.251 e. The average Bonchev–Trinajstić information content (AvgIpc) is 3.48. The fraction of sp³-hybridized carbons (Fsp3) is 0.370.